The van der Waals surface area contributed by atoms with Crippen LogP contribution in [0.4, 0.5) is 10.2 Å². The van der Waals surface area contributed by atoms with Crippen LogP contribution in [-0.2, 0) is 6.54 Å². The van der Waals surface area contributed by atoms with E-state index >= 15 is 0 Å². The number of pyridine rings is 1. The highest BCUT2D eigenvalue weighted by molar-refractivity contribution is 6.01. The van der Waals surface area contributed by atoms with E-state index in [1.165, 1.54) is 22.9 Å². The van der Waals surface area contributed by atoms with Crippen molar-refractivity contribution in [2.45, 2.75) is 38.0 Å². The molecule has 4 heterocycles. The van der Waals surface area contributed by atoms with Crippen LogP contribution in [0.3, 0.4) is 0 Å². The van der Waals surface area contributed by atoms with Crippen molar-refractivity contribution in [3.05, 3.63) is 59.2 Å². The molecule has 1 aromatic carbocycles. The minimum Gasteiger partial charge on any atom is -0.388 e. The maximum Gasteiger partial charge on any atom is 0.255 e. The monoisotopic (exact) mass is 462 g/mol. The highest BCUT2D eigenvalue weighted by Gasteiger charge is 2.41. The van der Waals surface area contributed by atoms with Gasteiger partial charge in [-0.25, -0.2) is 14.1 Å². The zero-order valence-corrected chi connectivity index (χ0v) is 18.7. The fraction of sp³-hybridized carbons (Fsp3) is 0.333. The molecule has 1 amide bonds. The minimum absolute atomic E-state index is 0.0592. The lowest BCUT2D eigenvalue weighted by atomic mass is 9.84. The van der Waals surface area contributed by atoms with E-state index in [2.05, 4.69) is 15.4 Å². The predicted molar refractivity (Wildman–Crippen MR) is 121 cm³/mol. The van der Waals surface area contributed by atoms with Crippen molar-refractivity contribution in [1.29, 1.82) is 5.26 Å². The standard InChI is InChI=1S/C24H23FN6O3/c1-23(33)11-24(2,34)13-30(12-23)19-6-7-31(29-19)18-8-16(28-17-10-27-22(32)21(17)18)20-14(9-26)4-3-5-15(20)25/h3-8,33-34H,10-13H2,1-2H3,(H,27,32)/t23-,24-/m0/s1. The summed E-state index contributed by atoms with van der Waals surface area (Å²) < 4.78 is 16.2. The molecular weight excluding hydrogens is 439 g/mol. The molecule has 0 saturated carbocycles. The van der Waals surface area contributed by atoms with Crippen molar-refractivity contribution in [1.82, 2.24) is 20.1 Å². The maximum atomic E-state index is 14.7. The summed E-state index contributed by atoms with van der Waals surface area (Å²) >= 11 is 0. The quantitative estimate of drug-likeness (QED) is 0.542. The Morgan fingerprint density at radius 3 is 2.62 bits per heavy atom. The number of carbonyl (C=O) groups is 1. The number of hydrogen-bond acceptors (Lipinski definition) is 7. The van der Waals surface area contributed by atoms with Crippen LogP contribution in [-0.4, -0.2) is 55.2 Å². The molecule has 2 aliphatic heterocycles. The summed E-state index contributed by atoms with van der Waals surface area (Å²) in [6.45, 7) is 4.07. The first-order chi connectivity index (χ1) is 16.1. The lowest BCUT2D eigenvalue weighted by molar-refractivity contribution is -0.0581. The van der Waals surface area contributed by atoms with Gasteiger partial charge in [-0.2, -0.15) is 10.4 Å². The van der Waals surface area contributed by atoms with E-state index in [0.29, 0.717) is 22.8 Å². The van der Waals surface area contributed by atoms with Crippen molar-refractivity contribution >= 4 is 11.7 Å². The number of aliphatic hydroxyl groups is 2. The molecule has 34 heavy (non-hydrogen) atoms. The number of benzene rings is 1. The number of nitrogens with zero attached hydrogens (tertiary/aromatic N) is 5. The number of amides is 1. The third-order valence-corrected chi connectivity index (χ3v) is 6.08. The van der Waals surface area contributed by atoms with Crippen LogP contribution in [0.2, 0.25) is 0 Å². The highest BCUT2D eigenvalue weighted by Crippen LogP contribution is 2.33. The molecule has 1 saturated heterocycles. The average molecular weight is 462 g/mol. The summed E-state index contributed by atoms with van der Waals surface area (Å²) in [4.78, 5) is 18.8. The van der Waals surface area contributed by atoms with Gasteiger partial charge < -0.3 is 20.4 Å². The van der Waals surface area contributed by atoms with Gasteiger partial charge in [-0.1, -0.05) is 6.07 Å². The van der Waals surface area contributed by atoms with Crippen molar-refractivity contribution in [2.24, 2.45) is 0 Å². The Kier molecular flexibility index (Phi) is 4.93. The maximum absolute atomic E-state index is 14.7. The van der Waals surface area contributed by atoms with Crippen LogP contribution in [0.5, 0.6) is 0 Å². The average Bonchev–Trinajstić information content (AvgIpc) is 3.38. The number of piperidine rings is 1. The topological polar surface area (TPSA) is 127 Å². The van der Waals surface area contributed by atoms with Crippen molar-refractivity contribution in [3.63, 3.8) is 0 Å². The van der Waals surface area contributed by atoms with Crippen molar-refractivity contribution in [3.8, 4) is 23.0 Å². The summed E-state index contributed by atoms with van der Waals surface area (Å²) in [5.74, 6) is -0.401. The molecule has 1 fully saturated rings. The van der Waals surface area contributed by atoms with Gasteiger partial charge in [0.25, 0.3) is 5.91 Å². The molecule has 9 nitrogen and oxygen atoms in total. The van der Waals surface area contributed by atoms with Crippen LogP contribution >= 0.6 is 0 Å². The Hall–Kier alpha value is -3.81. The van der Waals surface area contributed by atoms with E-state index in [0.717, 1.165) is 0 Å². The number of rotatable bonds is 3. The Bertz CT molecular complexity index is 1340. The molecule has 3 aromatic rings. The second-order valence-corrected chi connectivity index (χ2v) is 9.45. The number of nitriles is 1. The molecule has 2 aliphatic rings. The molecular formula is C24H23FN6O3. The van der Waals surface area contributed by atoms with Gasteiger partial charge in [-0.05, 0) is 32.0 Å². The summed E-state index contributed by atoms with van der Waals surface area (Å²) in [5, 5.41) is 38.0. The molecule has 0 bridgehead atoms. The molecule has 2 aromatic heterocycles. The summed E-state index contributed by atoms with van der Waals surface area (Å²) in [6.07, 6.45) is 1.90. The second-order valence-electron chi connectivity index (χ2n) is 9.45. The zero-order valence-electron chi connectivity index (χ0n) is 18.7. The molecule has 0 aliphatic carbocycles. The number of hydrogen-bond donors (Lipinski definition) is 3. The Labute approximate surface area is 195 Å². The van der Waals surface area contributed by atoms with Gasteiger partial charge in [0.05, 0.1) is 57.6 Å². The van der Waals surface area contributed by atoms with E-state index < -0.39 is 17.0 Å². The normalized spacial score (nSPS) is 24.0. The van der Waals surface area contributed by atoms with Crippen molar-refractivity contribution < 1.29 is 19.4 Å². The number of fused-ring (bicyclic) bond motifs is 1. The summed E-state index contributed by atoms with van der Waals surface area (Å²) in [7, 11) is 0. The lowest BCUT2D eigenvalue weighted by Gasteiger charge is -2.44. The molecule has 5 rings (SSSR count). The van der Waals surface area contributed by atoms with Crippen LogP contribution in [0.1, 0.15) is 41.9 Å². The highest BCUT2D eigenvalue weighted by atomic mass is 19.1. The van der Waals surface area contributed by atoms with Crippen molar-refractivity contribution in [2.75, 3.05) is 18.0 Å². The van der Waals surface area contributed by atoms with Gasteiger partial charge in [0.1, 0.15) is 5.82 Å². The Balaban J connectivity index is 1.62. The van der Waals surface area contributed by atoms with E-state index in [9.17, 15) is 24.7 Å². The van der Waals surface area contributed by atoms with Gasteiger partial charge in [0.2, 0.25) is 0 Å². The molecule has 0 radical (unpaired) electrons. The number of anilines is 1. The van der Waals surface area contributed by atoms with Crippen LogP contribution in [0, 0.1) is 17.1 Å². The van der Waals surface area contributed by atoms with Gasteiger partial charge in [-0.3, -0.25) is 4.79 Å². The zero-order chi connectivity index (χ0) is 24.3. The fourth-order valence-electron chi connectivity index (χ4n) is 4.99. The van der Waals surface area contributed by atoms with E-state index in [1.807, 2.05) is 6.07 Å². The first-order valence-electron chi connectivity index (χ1n) is 10.8. The molecule has 0 spiro atoms. The Morgan fingerprint density at radius 2 is 1.91 bits per heavy atom. The number of β-amino-alcohol motifs (C(OH)–C–C–N with tert-alkyl or cyclic N) is 2. The number of halogens is 1. The largest absolute Gasteiger partial charge is 0.388 e. The smallest absolute Gasteiger partial charge is 0.255 e. The minimum atomic E-state index is -1.10. The molecule has 10 heteroatoms. The van der Waals surface area contributed by atoms with E-state index in [-0.39, 0.29) is 48.8 Å². The first-order valence-corrected chi connectivity index (χ1v) is 10.8. The molecule has 2 atom stereocenters. The van der Waals surface area contributed by atoms with Gasteiger partial charge in [0.15, 0.2) is 5.82 Å². The fourth-order valence-corrected chi connectivity index (χ4v) is 4.99. The van der Waals surface area contributed by atoms with Crippen LogP contribution in [0.15, 0.2) is 36.5 Å². The lowest BCUT2D eigenvalue weighted by Crippen LogP contribution is -2.57. The van der Waals surface area contributed by atoms with E-state index in [4.69, 9.17) is 0 Å². The SMILES string of the molecule is C[C@@]1(O)CN(c2ccn(-c3cc(-c4c(F)cccc4C#N)nc4c3C(=O)NC4)n2)C[C@@](C)(O)C1. The Morgan fingerprint density at radius 1 is 1.18 bits per heavy atom. The molecule has 0 unspecified atom stereocenters. The number of carbonyl (C=O) groups excluding carboxylic acids is 1. The number of aromatic nitrogens is 3. The molecule has 3 N–H and O–H groups in total. The number of nitrogens with one attached hydrogen (secondary N) is 1. The van der Waals surface area contributed by atoms with Crippen LogP contribution < -0.4 is 10.2 Å². The van der Waals surface area contributed by atoms with Crippen LogP contribution in [0.25, 0.3) is 16.9 Å². The van der Waals surface area contributed by atoms with Gasteiger partial charge in [0, 0.05) is 31.8 Å². The van der Waals surface area contributed by atoms with Gasteiger partial charge >= 0.3 is 0 Å². The van der Waals surface area contributed by atoms with Gasteiger partial charge in [-0.15, -0.1) is 0 Å². The molecule has 174 valence electrons. The summed E-state index contributed by atoms with van der Waals surface area (Å²) in [5.41, 5.74) is -0.635. The first kappa shape index (κ1) is 22.0. The third-order valence-electron chi connectivity index (χ3n) is 6.08. The second kappa shape index (κ2) is 7.62. The third kappa shape index (κ3) is 3.79. The summed E-state index contributed by atoms with van der Waals surface area (Å²) in [6, 6.07) is 9.49. The van der Waals surface area contributed by atoms with E-state index in [1.54, 1.807) is 37.1 Å². The predicted octanol–water partition coefficient (Wildman–Crippen LogP) is 1.90.